The van der Waals surface area contributed by atoms with Crippen molar-refractivity contribution >= 4 is 17.7 Å². The van der Waals surface area contributed by atoms with Crippen molar-refractivity contribution in [3.63, 3.8) is 0 Å². The minimum absolute atomic E-state index is 0.0106. The van der Waals surface area contributed by atoms with Gasteiger partial charge in [-0.05, 0) is 6.42 Å². The summed E-state index contributed by atoms with van der Waals surface area (Å²) in [7, 11) is 0. The van der Waals surface area contributed by atoms with E-state index < -0.39 is 0 Å². The Morgan fingerprint density at radius 1 is 0.567 bits per heavy atom. The third-order valence-corrected chi connectivity index (χ3v) is 3.77. The Balaban J connectivity index is 3.28. The molecule has 10 nitrogen and oxygen atoms in total. The number of carbonyl (C=O) groups is 3. The normalized spacial score (nSPS) is 10.6. The summed E-state index contributed by atoms with van der Waals surface area (Å²) in [5.41, 5.74) is 0. The number of unbranched alkanes of at least 4 members (excludes halogenated alkanes) is 2. The average molecular weight is 434 g/mol. The lowest BCUT2D eigenvalue weighted by molar-refractivity contribution is -0.127. The molecule has 0 atom stereocenters. The van der Waals surface area contributed by atoms with Gasteiger partial charge in [0, 0.05) is 26.1 Å². The molecule has 0 heterocycles. The zero-order chi connectivity index (χ0) is 22.3. The number of amides is 3. The van der Waals surface area contributed by atoms with Gasteiger partial charge >= 0.3 is 0 Å². The molecule has 10 heteroatoms. The van der Waals surface area contributed by atoms with Crippen LogP contribution in [-0.4, -0.2) is 90.2 Å². The van der Waals surface area contributed by atoms with Crippen LogP contribution in [0.1, 0.15) is 39.5 Å². The molecule has 0 aliphatic rings. The van der Waals surface area contributed by atoms with E-state index >= 15 is 0 Å². The second-order valence-electron chi connectivity index (χ2n) is 6.44. The lowest BCUT2D eigenvalue weighted by atomic mass is 10.2. The van der Waals surface area contributed by atoms with Crippen LogP contribution in [0, 0.1) is 0 Å². The summed E-state index contributed by atoms with van der Waals surface area (Å²) >= 11 is 0. The van der Waals surface area contributed by atoms with Gasteiger partial charge in [0.2, 0.25) is 17.7 Å². The average Bonchev–Trinajstić information content (AvgIpc) is 2.74. The van der Waals surface area contributed by atoms with E-state index in [-0.39, 0.29) is 30.9 Å². The number of hydrogen-bond donors (Lipinski definition) is 3. The van der Waals surface area contributed by atoms with Gasteiger partial charge < -0.3 is 34.9 Å². The van der Waals surface area contributed by atoms with Crippen molar-refractivity contribution in [2.24, 2.45) is 0 Å². The van der Waals surface area contributed by atoms with Gasteiger partial charge in [-0.3, -0.25) is 14.4 Å². The van der Waals surface area contributed by atoms with Gasteiger partial charge in [0.25, 0.3) is 0 Å². The maximum absolute atomic E-state index is 11.6. The first kappa shape index (κ1) is 28.2. The molecule has 30 heavy (non-hydrogen) atoms. The van der Waals surface area contributed by atoms with Crippen LogP contribution in [0.5, 0.6) is 0 Å². The standard InChI is InChI=1S/C20H39N3O7/c1-3-5-6-7-21-19(25)16-29-14-13-28-11-9-23-20(26)17-30-15-12-27-10-8-22-18(24)4-2/h3-17H2,1-2H3,(H,21,25)(H,22,24)(H,23,26). The lowest BCUT2D eigenvalue weighted by Gasteiger charge is -2.09. The summed E-state index contributed by atoms with van der Waals surface area (Å²) in [4.78, 5) is 34.0. The highest BCUT2D eigenvalue weighted by Gasteiger charge is 2.02. The fraction of sp³-hybridized carbons (Fsp3) is 0.850. The van der Waals surface area contributed by atoms with Crippen LogP contribution in [0.3, 0.4) is 0 Å². The van der Waals surface area contributed by atoms with E-state index in [2.05, 4.69) is 22.9 Å². The Bertz CT molecular complexity index is 450. The molecule has 0 unspecified atom stereocenters. The third-order valence-electron chi connectivity index (χ3n) is 3.77. The maximum Gasteiger partial charge on any atom is 0.246 e. The molecular formula is C20H39N3O7. The second kappa shape index (κ2) is 21.9. The number of rotatable bonds is 21. The molecule has 0 spiro atoms. The Morgan fingerprint density at radius 3 is 1.53 bits per heavy atom. The van der Waals surface area contributed by atoms with Gasteiger partial charge in [-0.1, -0.05) is 26.7 Å². The maximum atomic E-state index is 11.6. The molecular weight excluding hydrogens is 394 g/mol. The predicted octanol–water partition coefficient (Wildman–Crippen LogP) is 0.00160. The minimum atomic E-state index is -0.232. The molecule has 0 aromatic carbocycles. The summed E-state index contributed by atoms with van der Waals surface area (Å²) in [6, 6.07) is 0. The summed E-state index contributed by atoms with van der Waals surface area (Å²) in [5.74, 6) is -0.361. The van der Waals surface area contributed by atoms with Crippen molar-refractivity contribution in [1.82, 2.24) is 16.0 Å². The first-order valence-electron chi connectivity index (χ1n) is 10.7. The zero-order valence-corrected chi connectivity index (χ0v) is 18.5. The van der Waals surface area contributed by atoms with Crippen molar-refractivity contribution in [2.45, 2.75) is 39.5 Å². The molecule has 0 radical (unpaired) electrons. The Kier molecular flexibility index (Phi) is 20.7. The molecule has 0 aliphatic carbocycles. The zero-order valence-electron chi connectivity index (χ0n) is 18.5. The SMILES string of the molecule is CCCCCNC(=O)COCCOCCNC(=O)COCCOCCNC(=O)CC. The van der Waals surface area contributed by atoms with Crippen LogP contribution >= 0.6 is 0 Å². The molecule has 0 saturated heterocycles. The van der Waals surface area contributed by atoms with Crippen molar-refractivity contribution in [2.75, 3.05) is 72.5 Å². The van der Waals surface area contributed by atoms with Crippen molar-refractivity contribution in [1.29, 1.82) is 0 Å². The monoisotopic (exact) mass is 433 g/mol. The van der Waals surface area contributed by atoms with E-state index in [1.165, 1.54) is 0 Å². The van der Waals surface area contributed by atoms with Crippen molar-refractivity contribution < 1.29 is 33.3 Å². The highest BCUT2D eigenvalue weighted by Crippen LogP contribution is 1.91. The van der Waals surface area contributed by atoms with Crippen LogP contribution in [0.25, 0.3) is 0 Å². The van der Waals surface area contributed by atoms with E-state index in [4.69, 9.17) is 18.9 Å². The van der Waals surface area contributed by atoms with Crippen LogP contribution < -0.4 is 16.0 Å². The van der Waals surface area contributed by atoms with Gasteiger partial charge in [0.1, 0.15) is 13.2 Å². The first-order valence-corrected chi connectivity index (χ1v) is 10.7. The quantitative estimate of drug-likeness (QED) is 0.218. The predicted molar refractivity (Wildman–Crippen MR) is 112 cm³/mol. The van der Waals surface area contributed by atoms with Gasteiger partial charge in [-0.2, -0.15) is 0 Å². The van der Waals surface area contributed by atoms with E-state index in [0.717, 1.165) is 19.3 Å². The topological polar surface area (TPSA) is 124 Å². The summed E-state index contributed by atoms with van der Waals surface area (Å²) in [6.07, 6.45) is 3.66. The molecule has 176 valence electrons. The van der Waals surface area contributed by atoms with Crippen LogP contribution in [0.2, 0.25) is 0 Å². The number of ether oxygens (including phenoxy) is 4. The Hall–Kier alpha value is -1.75. The van der Waals surface area contributed by atoms with E-state index in [0.29, 0.717) is 65.7 Å². The van der Waals surface area contributed by atoms with Crippen LogP contribution in [0.15, 0.2) is 0 Å². The van der Waals surface area contributed by atoms with E-state index in [1.807, 2.05) is 0 Å². The van der Waals surface area contributed by atoms with Crippen LogP contribution in [0.4, 0.5) is 0 Å². The highest BCUT2D eigenvalue weighted by atomic mass is 16.5. The Morgan fingerprint density at radius 2 is 1.03 bits per heavy atom. The molecule has 0 aromatic heterocycles. The number of nitrogens with one attached hydrogen (secondary N) is 3. The molecule has 0 aliphatic heterocycles. The summed E-state index contributed by atoms with van der Waals surface area (Å²) in [5, 5.41) is 8.16. The molecule has 0 rings (SSSR count). The fourth-order valence-corrected chi connectivity index (χ4v) is 2.12. The molecule has 0 saturated carbocycles. The highest BCUT2D eigenvalue weighted by molar-refractivity contribution is 5.77. The number of hydrogen-bond acceptors (Lipinski definition) is 7. The summed E-state index contributed by atoms with van der Waals surface area (Å²) < 4.78 is 21.0. The molecule has 3 amide bonds. The second-order valence-corrected chi connectivity index (χ2v) is 6.44. The largest absolute Gasteiger partial charge is 0.377 e. The third kappa shape index (κ3) is 21.0. The van der Waals surface area contributed by atoms with Crippen molar-refractivity contribution in [3.05, 3.63) is 0 Å². The van der Waals surface area contributed by atoms with Gasteiger partial charge in [-0.15, -0.1) is 0 Å². The van der Waals surface area contributed by atoms with Crippen molar-refractivity contribution in [3.8, 4) is 0 Å². The fourth-order valence-electron chi connectivity index (χ4n) is 2.12. The molecule has 0 fully saturated rings. The smallest absolute Gasteiger partial charge is 0.246 e. The molecule has 0 aromatic rings. The number of carbonyl (C=O) groups excluding carboxylic acids is 3. The van der Waals surface area contributed by atoms with E-state index in [1.54, 1.807) is 6.92 Å². The molecule has 0 bridgehead atoms. The summed E-state index contributed by atoms with van der Waals surface area (Å²) in [6.45, 7) is 7.48. The first-order chi connectivity index (χ1) is 14.6. The lowest BCUT2D eigenvalue weighted by Crippen LogP contribution is -2.31. The Labute approximate surface area is 179 Å². The van der Waals surface area contributed by atoms with Gasteiger partial charge in [0.05, 0.1) is 39.6 Å². The van der Waals surface area contributed by atoms with Gasteiger partial charge in [-0.25, -0.2) is 0 Å². The minimum Gasteiger partial charge on any atom is -0.377 e. The van der Waals surface area contributed by atoms with Gasteiger partial charge in [0.15, 0.2) is 0 Å². The van der Waals surface area contributed by atoms with Crippen LogP contribution in [-0.2, 0) is 33.3 Å². The van der Waals surface area contributed by atoms with E-state index in [9.17, 15) is 14.4 Å². The molecule has 3 N–H and O–H groups in total.